The molecule has 0 saturated carbocycles. The predicted octanol–water partition coefficient (Wildman–Crippen LogP) is 0.419. The van der Waals surface area contributed by atoms with Crippen molar-refractivity contribution >= 4 is 17.9 Å². The van der Waals surface area contributed by atoms with Crippen LogP contribution in [0.5, 0.6) is 0 Å². The number of carbonyl (C=O) groups excluding carboxylic acids is 2. The first-order chi connectivity index (χ1) is 13.1. The van der Waals surface area contributed by atoms with Gasteiger partial charge in [-0.2, -0.15) is 11.0 Å². The van der Waals surface area contributed by atoms with Crippen molar-refractivity contribution in [3.8, 4) is 0 Å². The Balaban J connectivity index is 2.00. The lowest BCUT2D eigenvalue weighted by Crippen LogP contribution is -2.41. The summed E-state index contributed by atoms with van der Waals surface area (Å²) >= 11 is 0. The van der Waals surface area contributed by atoms with Gasteiger partial charge in [-0.05, 0) is 24.3 Å². The van der Waals surface area contributed by atoms with Gasteiger partial charge in [0.2, 0.25) is 0 Å². The Labute approximate surface area is 155 Å². The molecular weight excluding hydrogens is 354 g/mol. The number of carbonyl (C=O) groups is 2. The number of aliphatic hydroxyl groups is 2. The van der Waals surface area contributed by atoms with Crippen LogP contribution in [-0.4, -0.2) is 47.4 Å². The van der Waals surface area contributed by atoms with E-state index in [2.05, 4.69) is 16.0 Å². The average Bonchev–Trinajstić information content (AvgIpc) is 2.74. The van der Waals surface area contributed by atoms with Gasteiger partial charge in [0.15, 0.2) is 0 Å². The van der Waals surface area contributed by atoms with Crippen molar-refractivity contribution in [1.82, 2.24) is 11.0 Å². The molecule has 9 nitrogen and oxygen atoms in total. The summed E-state index contributed by atoms with van der Waals surface area (Å²) in [7, 11) is 0. The summed E-state index contributed by atoms with van der Waals surface area (Å²) in [5.41, 5.74) is 5.00. The van der Waals surface area contributed by atoms with Gasteiger partial charge in [0.25, 0.3) is 5.96 Å². The number of nitrogens with one attached hydrogen (secondary N) is 2. The largest absolute Gasteiger partial charge is 0.394 e. The molecule has 0 saturated heterocycles. The number of hydrogen-bond donors (Lipinski definition) is 4. The third-order valence-corrected chi connectivity index (χ3v) is 3.23. The molecule has 0 spiro atoms. The second-order valence-electron chi connectivity index (χ2n) is 5.21. The third kappa shape index (κ3) is 6.42. The van der Waals surface area contributed by atoms with Crippen LogP contribution in [0.2, 0.25) is 0 Å². The SMILES string of the molecule is O=C(ONC(=NC(CO)CO)NOC(=O)c1ccccc1)c1ccccc1. The standard InChI is InChI=1S/C18H19N3O6/c22-11-15(12-23)19-18(20-26-16(24)13-7-3-1-4-8-13)21-27-17(25)14-9-5-2-6-10-14/h1-10,15,22-23H,11-12H2,(H2,19,20,21). The van der Waals surface area contributed by atoms with Crippen molar-refractivity contribution in [2.24, 2.45) is 4.99 Å². The second kappa shape index (κ2) is 10.5. The number of hydrogen-bond acceptors (Lipinski definition) is 7. The van der Waals surface area contributed by atoms with E-state index in [1.165, 1.54) is 0 Å². The zero-order valence-electron chi connectivity index (χ0n) is 14.2. The van der Waals surface area contributed by atoms with E-state index in [0.29, 0.717) is 0 Å². The lowest BCUT2D eigenvalue weighted by atomic mass is 10.2. The van der Waals surface area contributed by atoms with Gasteiger partial charge in [-0.1, -0.05) is 36.4 Å². The molecule has 0 aliphatic heterocycles. The molecule has 0 amide bonds. The quantitative estimate of drug-likeness (QED) is 0.337. The molecule has 4 N–H and O–H groups in total. The topological polar surface area (TPSA) is 129 Å². The molecule has 0 fully saturated rings. The van der Waals surface area contributed by atoms with Crippen molar-refractivity contribution in [2.45, 2.75) is 6.04 Å². The Kier molecular flexibility index (Phi) is 7.76. The van der Waals surface area contributed by atoms with E-state index < -0.39 is 31.2 Å². The van der Waals surface area contributed by atoms with E-state index in [9.17, 15) is 9.59 Å². The summed E-state index contributed by atoms with van der Waals surface area (Å²) in [6, 6.07) is 15.4. The van der Waals surface area contributed by atoms with Crippen molar-refractivity contribution < 1.29 is 29.5 Å². The number of hydroxylamine groups is 2. The van der Waals surface area contributed by atoms with Crippen molar-refractivity contribution in [3.63, 3.8) is 0 Å². The maximum atomic E-state index is 12.0. The molecule has 142 valence electrons. The number of guanidine groups is 1. The van der Waals surface area contributed by atoms with E-state index in [-0.39, 0.29) is 17.1 Å². The first kappa shape index (κ1) is 19.9. The minimum absolute atomic E-state index is 0.281. The fourth-order valence-corrected chi connectivity index (χ4v) is 1.85. The summed E-state index contributed by atoms with van der Waals surface area (Å²) < 4.78 is 0. The molecule has 0 aliphatic rings. The van der Waals surface area contributed by atoms with E-state index in [4.69, 9.17) is 19.9 Å². The first-order valence-electron chi connectivity index (χ1n) is 7.98. The fourth-order valence-electron chi connectivity index (χ4n) is 1.85. The van der Waals surface area contributed by atoms with Crippen LogP contribution in [0.25, 0.3) is 0 Å². The highest BCUT2D eigenvalue weighted by Gasteiger charge is 2.13. The Morgan fingerprint density at radius 2 is 1.22 bits per heavy atom. The van der Waals surface area contributed by atoms with E-state index in [0.717, 1.165) is 0 Å². The Morgan fingerprint density at radius 1 is 0.815 bits per heavy atom. The lowest BCUT2D eigenvalue weighted by Gasteiger charge is -2.14. The fraction of sp³-hybridized carbons (Fsp3) is 0.167. The van der Waals surface area contributed by atoms with Crippen LogP contribution in [0.1, 0.15) is 20.7 Å². The molecule has 0 aliphatic carbocycles. The second-order valence-corrected chi connectivity index (χ2v) is 5.21. The van der Waals surface area contributed by atoms with Crippen LogP contribution >= 0.6 is 0 Å². The zero-order chi connectivity index (χ0) is 19.5. The highest BCUT2D eigenvalue weighted by atomic mass is 16.7. The van der Waals surface area contributed by atoms with Gasteiger partial charge in [0.1, 0.15) is 6.04 Å². The molecule has 0 unspecified atom stereocenters. The molecule has 0 heterocycles. The van der Waals surface area contributed by atoms with Gasteiger partial charge in [0.05, 0.1) is 24.3 Å². The molecule has 2 aromatic carbocycles. The van der Waals surface area contributed by atoms with Crippen LogP contribution in [0.3, 0.4) is 0 Å². The van der Waals surface area contributed by atoms with E-state index in [1.54, 1.807) is 60.7 Å². The summed E-state index contributed by atoms with van der Waals surface area (Å²) in [6.45, 7) is -0.939. The van der Waals surface area contributed by atoms with Gasteiger partial charge in [0, 0.05) is 0 Å². The number of aliphatic hydroxyl groups excluding tert-OH is 2. The monoisotopic (exact) mass is 373 g/mol. The smallest absolute Gasteiger partial charge is 0.362 e. The summed E-state index contributed by atoms with van der Waals surface area (Å²) in [5.74, 6) is -1.69. The van der Waals surface area contributed by atoms with Crippen molar-refractivity contribution in [3.05, 3.63) is 71.8 Å². The number of aliphatic imine (C=N–C) groups is 1. The molecule has 0 aromatic heterocycles. The van der Waals surface area contributed by atoms with Gasteiger partial charge < -0.3 is 19.9 Å². The van der Waals surface area contributed by atoms with Gasteiger partial charge in [-0.3, -0.25) is 0 Å². The summed E-state index contributed by atoms with van der Waals surface area (Å²) in [6.07, 6.45) is 0. The molecule has 0 radical (unpaired) electrons. The van der Waals surface area contributed by atoms with E-state index >= 15 is 0 Å². The molecule has 2 rings (SSSR count). The van der Waals surface area contributed by atoms with Gasteiger partial charge in [-0.25, -0.2) is 14.6 Å². The first-order valence-corrected chi connectivity index (χ1v) is 7.98. The molecule has 9 heteroatoms. The summed E-state index contributed by atoms with van der Waals surface area (Å²) in [5, 5.41) is 18.3. The molecule has 27 heavy (non-hydrogen) atoms. The lowest BCUT2D eigenvalue weighted by molar-refractivity contribution is 0.0275. The minimum Gasteiger partial charge on any atom is -0.394 e. The van der Waals surface area contributed by atoms with Gasteiger partial charge >= 0.3 is 11.9 Å². The Morgan fingerprint density at radius 3 is 1.59 bits per heavy atom. The predicted molar refractivity (Wildman–Crippen MR) is 95.4 cm³/mol. The molecule has 2 aromatic rings. The number of benzene rings is 2. The van der Waals surface area contributed by atoms with Crippen LogP contribution in [0.4, 0.5) is 0 Å². The number of nitrogens with zero attached hydrogens (tertiary/aromatic N) is 1. The van der Waals surface area contributed by atoms with E-state index in [1.807, 2.05) is 0 Å². The van der Waals surface area contributed by atoms with Crippen LogP contribution < -0.4 is 11.0 Å². The van der Waals surface area contributed by atoms with Gasteiger partial charge in [-0.15, -0.1) is 0 Å². The normalized spacial score (nSPS) is 10.0. The minimum atomic E-state index is -0.911. The Hall–Kier alpha value is -3.43. The highest BCUT2D eigenvalue weighted by molar-refractivity contribution is 5.92. The molecular formula is C18H19N3O6. The molecule has 0 atom stereocenters. The Bertz CT molecular complexity index is 706. The van der Waals surface area contributed by atoms with Crippen molar-refractivity contribution in [1.29, 1.82) is 0 Å². The average molecular weight is 373 g/mol. The highest BCUT2D eigenvalue weighted by Crippen LogP contribution is 2.01. The maximum Gasteiger partial charge on any atom is 0.362 e. The maximum absolute atomic E-state index is 12.0. The zero-order valence-corrected chi connectivity index (χ0v) is 14.2. The summed E-state index contributed by atoms with van der Waals surface area (Å²) in [4.78, 5) is 37.6. The van der Waals surface area contributed by atoms with Crippen LogP contribution in [-0.2, 0) is 9.68 Å². The van der Waals surface area contributed by atoms with Crippen LogP contribution in [0, 0.1) is 0 Å². The molecule has 0 bridgehead atoms. The van der Waals surface area contributed by atoms with Crippen LogP contribution in [0.15, 0.2) is 65.7 Å². The third-order valence-electron chi connectivity index (χ3n) is 3.23. The van der Waals surface area contributed by atoms with Crippen molar-refractivity contribution in [2.75, 3.05) is 13.2 Å². The number of rotatable bonds is 5.